The van der Waals surface area contributed by atoms with Gasteiger partial charge in [-0.3, -0.25) is 0 Å². The number of hydrogen-bond donors (Lipinski definition) is 0. The summed E-state index contributed by atoms with van der Waals surface area (Å²) in [5.41, 5.74) is 0.906. The van der Waals surface area contributed by atoms with Crippen LogP contribution in [0.25, 0.3) is 11.4 Å². The minimum Gasteiger partial charge on any atom is -0.425 e. The number of ether oxygens (including phenoxy) is 1. The molecule has 1 atom stereocenters. The Kier molecular flexibility index (Phi) is 12.3. The fourth-order valence-corrected chi connectivity index (χ4v) is 3.92. The van der Waals surface area contributed by atoms with Crippen LogP contribution in [-0.2, 0) is 11.2 Å². The van der Waals surface area contributed by atoms with Gasteiger partial charge in [0.15, 0.2) is 11.2 Å². The van der Waals surface area contributed by atoms with Gasteiger partial charge in [0, 0.05) is 18.0 Å². The van der Waals surface area contributed by atoms with Crippen molar-refractivity contribution < 1.29 is 9.53 Å². The van der Waals surface area contributed by atoms with Crippen molar-refractivity contribution in [2.75, 3.05) is 0 Å². The highest BCUT2D eigenvalue weighted by Gasteiger charge is 2.35. The molecule has 184 valence electrons. The van der Waals surface area contributed by atoms with Gasteiger partial charge in [-0.2, -0.15) is 5.26 Å². The van der Waals surface area contributed by atoms with Crippen molar-refractivity contribution in [1.82, 2.24) is 9.97 Å². The van der Waals surface area contributed by atoms with Crippen molar-refractivity contribution in [3.05, 3.63) is 42.2 Å². The molecular formula is C29H41N3O2. The number of carbonyl (C=O) groups excluding carboxylic acids is 1. The monoisotopic (exact) mass is 463 g/mol. The van der Waals surface area contributed by atoms with Gasteiger partial charge in [0.2, 0.25) is 0 Å². The predicted molar refractivity (Wildman–Crippen MR) is 137 cm³/mol. The molecule has 1 heterocycles. The zero-order chi connectivity index (χ0) is 24.7. The molecule has 0 amide bonds. The largest absolute Gasteiger partial charge is 0.425 e. The van der Waals surface area contributed by atoms with Gasteiger partial charge in [-0.05, 0) is 56.0 Å². The molecule has 5 nitrogen and oxygen atoms in total. The Morgan fingerprint density at radius 2 is 1.44 bits per heavy atom. The normalized spacial score (nSPS) is 12.6. The van der Waals surface area contributed by atoms with E-state index in [1.54, 1.807) is 19.1 Å². The molecule has 0 fully saturated rings. The topological polar surface area (TPSA) is 75.9 Å². The molecule has 0 aliphatic rings. The van der Waals surface area contributed by atoms with E-state index in [-0.39, 0.29) is 0 Å². The summed E-state index contributed by atoms with van der Waals surface area (Å²) in [4.78, 5) is 21.7. The number of benzene rings is 1. The Labute approximate surface area is 206 Å². The minimum absolute atomic E-state index is 0.430. The third-order valence-corrected chi connectivity index (χ3v) is 6.32. The molecule has 0 bridgehead atoms. The van der Waals surface area contributed by atoms with E-state index < -0.39 is 11.4 Å². The number of unbranched alkanes of at least 4 members (excludes halogenated alkanes) is 9. The lowest BCUT2D eigenvalue weighted by atomic mass is 9.86. The van der Waals surface area contributed by atoms with Gasteiger partial charge in [-0.15, -0.1) is 0 Å². The Morgan fingerprint density at radius 3 is 2.03 bits per heavy atom. The van der Waals surface area contributed by atoms with Crippen LogP contribution in [0.15, 0.2) is 36.7 Å². The molecule has 0 radical (unpaired) electrons. The maximum absolute atomic E-state index is 12.6. The molecule has 2 aromatic rings. The van der Waals surface area contributed by atoms with Crippen LogP contribution in [0.5, 0.6) is 5.75 Å². The molecule has 1 aromatic heterocycles. The summed E-state index contributed by atoms with van der Waals surface area (Å²) in [6, 6.07) is 9.31. The molecule has 0 saturated heterocycles. The van der Waals surface area contributed by atoms with Gasteiger partial charge in [0.25, 0.3) is 0 Å². The van der Waals surface area contributed by atoms with E-state index >= 15 is 0 Å². The second-order valence-corrected chi connectivity index (χ2v) is 9.45. The number of esters is 1. The van der Waals surface area contributed by atoms with Crippen LogP contribution in [0.4, 0.5) is 0 Å². The van der Waals surface area contributed by atoms with Crippen LogP contribution in [-0.4, -0.2) is 15.9 Å². The van der Waals surface area contributed by atoms with Gasteiger partial charge in [-0.25, -0.2) is 14.8 Å². The quantitative estimate of drug-likeness (QED) is 0.144. The Balaban J connectivity index is 1.84. The third kappa shape index (κ3) is 9.25. The molecule has 0 spiro atoms. The zero-order valence-electron chi connectivity index (χ0n) is 21.3. The van der Waals surface area contributed by atoms with E-state index in [9.17, 15) is 10.1 Å². The highest BCUT2D eigenvalue weighted by atomic mass is 16.5. The van der Waals surface area contributed by atoms with Gasteiger partial charge in [0.1, 0.15) is 5.75 Å². The Morgan fingerprint density at radius 1 is 0.882 bits per heavy atom. The van der Waals surface area contributed by atoms with E-state index in [0.29, 0.717) is 18.0 Å². The van der Waals surface area contributed by atoms with Crippen molar-refractivity contribution >= 4 is 5.97 Å². The maximum Gasteiger partial charge on any atom is 0.331 e. The molecule has 1 unspecified atom stereocenters. The smallest absolute Gasteiger partial charge is 0.331 e. The van der Waals surface area contributed by atoms with Crippen LogP contribution in [0.2, 0.25) is 0 Å². The Bertz CT molecular complexity index is 887. The molecule has 1 aromatic carbocycles. The number of carbonyl (C=O) groups is 1. The predicted octanol–water partition coefficient (Wildman–Crippen LogP) is 7.84. The van der Waals surface area contributed by atoms with Crippen molar-refractivity contribution in [2.24, 2.45) is 5.41 Å². The van der Waals surface area contributed by atoms with E-state index in [1.165, 1.54) is 44.9 Å². The van der Waals surface area contributed by atoms with Gasteiger partial charge in [-0.1, -0.05) is 78.1 Å². The van der Waals surface area contributed by atoms with Crippen molar-refractivity contribution in [2.45, 2.75) is 104 Å². The lowest BCUT2D eigenvalue weighted by Crippen LogP contribution is -2.30. The molecule has 5 heteroatoms. The van der Waals surface area contributed by atoms with Gasteiger partial charge < -0.3 is 4.74 Å². The maximum atomic E-state index is 12.6. The summed E-state index contributed by atoms with van der Waals surface area (Å²) in [7, 11) is 0. The minimum atomic E-state index is -1.12. The standard InChI is InChI=1S/C29H41N3O2/c1-4-6-8-10-11-12-13-15-24-21-31-27(32-22-24)25-16-18-26(19-17-25)34-28(33)29(3,23-30)20-14-9-7-5-2/h16-19,21-22H,4-15,20H2,1-3H3. The van der Waals surface area contributed by atoms with Crippen LogP contribution >= 0.6 is 0 Å². The molecule has 34 heavy (non-hydrogen) atoms. The van der Waals surface area contributed by atoms with Crippen LogP contribution in [0.3, 0.4) is 0 Å². The summed E-state index contributed by atoms with van der Waals surface area (Å²) in [6.07, 6.45) is 18.5. The second kappa shape index (κ2) is 15.2. The highest BCUT2D eigenvalue weighted by Crippen LogP contribution is 2.28. The summed E-state index contributed by atoms with van der Waals surface area (Å²) in [5.74, 6) is 0.587. The van der Waals surface area contributed by atoms with Crippen LogP contribution < -0.4 is 4.74 Å². The summed E-state index contributed by atoms with van der Waals surface area (Å²) in [6.45, 7) is 6.05. The first kappa shape index (κ1) is 27.5. The van der Waals surface area contributed by atoms with Crippen molar-refractivity contribution in [3.63, 3.8) is 0 Å². The first-order chi connectivity index (χ1) is 16.5. The zero-order valence-corrected chi connectivity index (χ0v) is 21.3. The average molecular weight is 464 g/mol. The molecular weight excluding hydrogens is 422 g/mol. The second-order valence-electron chi connectivity index (χ2n) is 9.45. The molecule has 2 rings (SSSR count). The molecule has 0 aliphatic heterocycles. The lowest BCUT2D eigenvalue weighted by molar-refractivity contribution is -0.142. The first-order valence-electron chi connectivity index (χ1n) is 13.1. The third-order valence-electron chi connectivity index (χ3n) is 6.32. The van der Waals surface area contributed by atoms with E-state index in [1.807, 2.05) is 24.5 Å². The van der Waals surface area contributed by atoms with E-state index in [2.05, 4.69) is 29.9 Å². The number of aryl methyl sites for hydroxylation is 1. The van der Waals surface area contributed by atoms with Crippen molar-refractivity contribution in [3.8, 4) is 23.2 Å². The lowest BCUT2D eigenvalue weighted by Gasteiger charge is -2.19. The fraction of sp³-hybridized carbons (Fsp3) is 0.586. The molecule has 0 saturated carbocycles. The molecule has 0 aliphatic carbocycles. The first-order valence-corrected chi connectivity index (χ1v) is 13.1. The van der Waals surface area contributed by atoms with Crippen LogP contribution in [0, 0.1) is 16.7 Å². The highest BCUT2D eigenvalue weighted by molar-refractivity contribution is 5.81. The van der Waals surface area contributed by atoms with E-state index in [4.69, 9.17) is 4.74 Å². The van der Waals surface area contributed by atoms with Crippen molar-refractivity contribution in [1.29, 1.82) is 5.26 Å². The number of rotatable bonds is 16. The number of nitrogens with zero attached hydrogens (tertiary/aromatic N) is 3. The van der Waals surface area contributed by atoms with Crippen LogP contribution in [0.1, 0.15) is 103 Å². The SMILES string of the molecule is CCCCCCCCCc1cnc(-c2ccc(OC(=O)C(C)(C#N)CCCCCC)cc2)nc1. The van der Waals surface area contributed by atoms with Gasteiger partial charge in [0.05, 0.1) is 6.07 Å². The average Bonchev–Trinajstić information content (AvgIpc) is 2.87. The van der Waals surface area contributed by atoms with Gasteiger partial charge >= 0.3 is 5.97 Å². The summed E-state index contributed by atoms with van der Waals surface area (Å²) in [5, 5.41) is 9.55. The molecule has 0 N–H and O–H groups in total. The van der Waals surface area contributed by atoms with E-state index in [0.717, 1.165) is 43.2 Å². The number of aromatic nitrogens is 2. The number of hydrogen-bond acceptors (Lipinski definition) is 5. The fourth-order valence-electron chi connectivity index (χ4n) is 3.92. The number of nitriles is 1. The summed E-state index contributed by atoms with van der Waals surface area (Å²) >= 11 is 0. The summed E-state index contributed by atoms with van der Waals surface area (Å²) < 4.78 is 5.52. The Hall–Kier alpha value is -2.74.